The highest BCUT2D eigenvalue weighted by Gasteiger charge is 2.36. The van der Waals surface area contributed by atoms with E-state index < -0.39 is 0 Å². The van der Waals surface area contributed by atoms with Crippen LogP contribution in [0.25, 0.3) is 0 Å². The molecular weight excluding hydrogens is 148 g/mol. The van der Waals surface area contributed by atoms with E-state index >= 15 is 0 Å². The molecule has 2 nitrogen and oxygen atoms in total. The average molecular weight is 168 g/mol. The number of nitrogens with one attached hydrogen (secondary N) is 1. The van der Waals surface area contributed by atoms with E-state index in [-0.39, 0.29) is 0 Å². The van der Waals surface area contributed by atoms with Crippen LogP contribution in [0.15, 0.2) is 0 Å². The van der Waals surface area contributed by atoms with Gasteiger partial charge in [-0.3, -0.25) is 5.41 Å². The van der Waals surface area contributed by atoms with Gasteiger partial charge in [0.05, 0.1) is 6.34 Å². The highest BCUT2D eigenvalue weighted by atomic mass is 15.2. The molecule has 2 atom stereocenters. The number of likely N-dealkylation sites (tertiary alicyclic amines) is 1. The summed E-state index contributed by atoms with van der Waals surface area (Å²) in [6.07, 6.45) is 2.72. The van der Waals surface area contributed by atoms with Crippen molar-refractivity contribution >= 4 is 6.34 Å². The first-order valence-corrected chi connectivity index (χ1v) is 4.73. The molecule has 0 radical (unpaired) electrons. The highest BCUT2D eigenvalue weighted by Crippen LogP contribution is 2.37. The minimum atomic E-state index is 0.386. The lowest BCUT2D eigenvalue weighted by Crippen LogP contribution is -2.33. The Balaban J connectivity index is 2.66. The molecule has 1 aliphatic rings. The fourth-order valence-electron chi connectivity index (χ4n) is 2.30. The Morgan fingerprint density at radius 2 is 2.00 bits per heavy atom. The van der Waals surface area contributed by atoms with Gasteiger partial charge in [-0.1, -0.05) is 20.8 Å². The van der Waals surface area contributed by atoms with Gasteiger partial charge in [0, 0.05) is 12.6 Å². The Labute approximate surface area is 75.5 Å². The van der Waals surface area contributed by atoms with Gasteiger partial charge in [0.2, 0.25) is 0 Å². The van der Waals surface area contributed by atoms with E-state index in [1.165, 1.54) is 12.8 Å². The number of hydrogen-bond acceptors (Lipinski definition) is 1. The first-order valence-electron chi connectivity index (χ1n) is 4.73. The van der Waals surface area contributed by atoms with E-state index in [0.717, 1.165) is 12.5 Å². The van der Waals surface area contributed by atoms with Crippen molar-refractivity contribution in [1.29, 1.82) is 5.41 Å². The van der Waals surface area contributed by atoms with Crippen molar-refractivity contribution in [3.05, 3.63) is 0 Å². The lowest BCUT2D eigenvalue weighted by Gasteiger charge is -2.32. The summed E-state index contributed by atoms with van der Waals surface area (Å²) >= 11 is 0. The maximum absolute atomic E-state index is 7.23. The van der Waals surface area contributed by atoms with Crippen LogP contribution in [0.5, 0.6) is 0 Å². The second-order valence-electron chi connectivity index (χ2n) is 4.87. The first kappa shape index (κ1) is 9.56. The number of nitrogens with zero attached hydrogens (tertiary/aromatic N) is 1. The smallest absolute Gasteiger partial charge is 0.0819 e. The molecule has 0 spiro atoms. The van der Waals surface area contributed by atoms with Crippen LogP contribution in [0.4, 0.5) is 0 Å². The van der Waals surface area contributed by atoms with Gasteiger partial charge in [-0.25, -0.2) is 0 Å². The summed E-state index contributed by atoms with van der Waals surface area (Å²) in [5.74, 6) is 0.735. The minimum Gasteiger partial charge on any atom is -0.360 e. The molecule has 0 aromatic heterocycles. The molecule has 0 amide bonds. The summed E-state index contributed by atoms with van der Waals surface area (Å²) in [5.41, 5.74) is 0.386. The maximum atomic E-state index is 7.23. The van der Waals surface area contributed by atoms with Gasteiger partial charge in [-0.05, 0) is 24.7 Å². The predicted molar refractivity (Wildman–Crippen MR) is 52.5 cm³/mol. The third-order valence-electron chi connectivity index (χ3n) is 3.08. The van der Waals surface area contributed by atoms with Gasteiger partial charge < -0.3 is 4.90 Å². The van der Waals surface area contributed by atoms with Crippen LogP contribution in [0.2, 0.25) is 0 Å². The van der Waals surface area contributed by atoms with E-state index in [2.05, 4.69) is 32.6 Å². The summed E-state index contributed by atoms with van der Waals surface area (Å²) in [6.45, 7) is 10.2. The molecule has 1 rings (SSSR count). The molecule has 1 fully saturated rings. The average Bonchev–Trinajstić information content (AvgIpc) is 2.29. The highest BCUT2D eigenvalue weighted by molar-refractivity contribution is 5.51. The Hall–Kier alpha value is -0.530. The van der Waals surface area contributed by atoms with Crippen molar-refractivity contribution in [1.82, 2.24) is 4.90 Å². The van der Waals surface area contributed by atoms with E-state index in [4.69, 9.17) is 5.41 Å². The summed E-state index contributed by atoms with van der Waals surface area (Å²) in [6, 6.07) is 0.544. The summed E-state index contributed by atoms with van der Waals surface area (Å²) in [5, 5.41) is 7.23. The van der Waals surface area contributed by atoms with E-state index in [1.54, 1.807) is 0 Å². The topological polar surface area (TPSA) is 27.1 Å². The molecule has 1 saturated heterocycles. The molecule has 1 aliphatic heterocycles. The Morgan fingerprint density at radius 1 is 1.42 bits per heavy atom. The molecule has 2 heteroatoms. The minimum absolute atomic E-state index is 0.386. The van der Waals surface area contributed by atoms with Crippen molar-refractivity contribution in [3.63, 3.8) is 0 Å². The third kappa shape index (κ3) is 1.62. The molecule has 12 heavy (non-hydrogen) atoms. The second-order valence-corrected chi connectivity index (χ2v) is 4.87. The molecule has 0 bridgehead atoms. The van der Waals surface area contributed by atoms with Crippen LogP contribution in [-0.4, -0.2) is 23.8 Å². The Bertz CT molecular complexity index is 169. The van der Waals surface area contributed by atoms with Crippen LogP contribution in [0.1, 0.15) is 34.1 Å². The van der Waals surface area contributed by atoms with Gasteiger partial charge in [-0.15, -0.1) is 0 Å². The van der Waals surface area contributed by atoms with Gasteiger partial charge in [0.25, 0.3) is 0 Å². The molecule has 0 saturated carbocycles. The predicted octanol–water partition coefficient (Wildman–Crippen LogP) is 2.35. The summed E-state index contributed by atoms with van der Waals surface area (Å²) in [4.78, 5) is 2.13. The molecule has 1 N–H and O–H groups in total. The van der Waals surface area contributed by atoms with E-state index in [9.17, 15) is 0 Å². The quantitative estimate of drug-likeness (QED) is 0.472. The standard InChI is InChI=1S/C10H20N2/c1-8-9(10(2,3)4)5-6-12(8)7-11/h7-9,11H,5-6H2,1-4H3. The van der Waals surface area contributed by atoms with Crippen molar-refractivity contribution in [2.75, 3.05) is 6.54 Å². The summed E-state index contributed by atoms with van der Waals surface area (Å²) < 4.78 is 0. The molecule has 0 aliphatic carbocycles. The van der Waals surface area contributed by atoms with Gasteiger partial charge >= 0.3 is 0 Å². The fraction of sp³-hybridized carbons (Fsp3) is 0.900. The SMILES string of the molecule is CC1C(C(C)(C)C)CCN1C=N. The van der Waals surface area contributed by atoms with Crippen LogP contribution < -0.4 is 0 Å². The van der Waals surface area contributed by atoms with Crippen molar-refractivity contribution in [2.45, 2.75) is 40.2 Å². The van der Waals surface area contributed by atoms with Gasteiger partial charge in [0.1, 0.15) is 0 Å². The monoisotopic (exact) mass is 168 g/mol. The Morgan fingerprint density at radius 3 is 2.25 bits per heavy atom. The zero-order chi connectivity index (χ0) is 9.35. The maximum Gasteiger partial charge on any atom is 0.0819 e. The number of hydrogen-bond donors (Lipinski definition) is 1. The molecular formula is C10H20N2. The largest absolute Gasteiger partial charge is 0.360 e. The van der Waals surface area contributed by atoms with E-state index in [1.807, 2.05) is 0 Å². The zero-order valence-corrected chi connectivity index (χ0v) is 8.59. The lowest BCUT2D eigenvalue weighted by molar-refractivity contribution is 0.201. The molecule has 0 aromatic carbocycles. The number of rotatable bonds is 1. The van der Waals surface area contributed by atoms with Gasteiger partial charge in [0.15, 0.2) is 0 Å². The molecule has 2 unspecified atom stereocenters. The van der Waals surface area contributed by atoms with Crippen LogP contribution in [0, 0.1) is 16.7 Å². The first-order chi connectivity index (χ1) is 5.46. The Kier molecular flexibility index (Phi) is 2.45. The van der Waals surface area contributed by atoms with Crippen LogP contribution in [0.3, 0.4) is 0 Å². The lowest BCUT2D eigenvalue weighted by atomic mass is 9.77. The van der Waals surface area contributed by atoms with Crippen LogP contribution >= 0.6 is 0 Å². The van der Waals surface area contributed by atoms with Crippen molar-refractivity contribution in [3.8, 4) is 0 Å². The van der Waals surface area contributed by atoms with Gasteiger partial charge in [-0.2, -0.15) is 0 Å². The van der Waals surface area contributed by atoms with Crippen molar-refractivity contribution in [2.24, 2.45) is 11.3 Å². The molecule has 0 aromatic rings. The fourth-order valence-corrected chi connectivity index (χ4v) is 2.30. The zero-order valence-electron chi connectivity index (χ0n) is 8.59. The van der Waals surface area contributed by atoms with E-state index in [0.29, 0.717) is 11.5 Å². The second kappa shape index (κ2) is 3.08. The third-order valence-corrected chi connectivity index (χ3v) is 3.08. The van der Waals surface area contributed by atoms with Crippen LogP contribution in [-0.2, 0) is 0 Å². The normalized spacial score (nSPS) is 30.8. The molecule has 1 heterocycles. The molecule has 70 valence electrons. The summed E-state index contributed by atoms with van der Waals surface area (Å²) in [7, 11) is 0. The van der Waals surface area contributed by atoms with Crippen molar-refractivity contribution < 1.29 is 0 Å².